The predicted molar refractivity (Wildman–Crippen MR) is 96.8 cm³/mol. The van der Waals surface area contributed by atoms with Crippen LogP contribution in [0.25, 0.3) is 0 Å². The van der Waals surface area contributed by atoms with Crippen molar-refractivity contribution in [2.24, 2.45) is 5.92 Å². The molecule has 0 aliphatic carbocycles. The number of nitrogens with one attached hydrogen (secondary N) is 1. The molecule has 0 unspecified atom stereocenters. The third-order valence-corrected chi connectivity index (χ3v) is 5.19. The zero-order valence-corrected chi connectivity index (χ0v) is 14.8. The van der Waals surface area contributed by atoms with Gasteiger partial charge in [-0.25, -0.2) is 4.98 Å². The highest BCUT2D eigenvalue weighted by Gasteiger charge is 2.21. The number of carbonyl (C=O) groups excluding carboxylic acids is 1. The SMILES string of the molecule is CC1CCN(Cc2csc(NC(=O)c3ccccc3[N+](=O)[O-])n2)CC1. The molecule has 2 aromatic rings. The molecule has 0 saturated carbocycles. The molecule has 1 fully saturated rings. The maximum atomic E-state index is 12.3. The van der Waals surface area contributed by atoms with Crippen LogP contribution in [0.1, 0.15) is 35.8 Å². The number of rotatable bonds is 5. The van der Waals surface area contributed by atoms with Gasteiger partial charge in [0.15, 0.2) is 5.13 Å². The molecule has 0 bridgehead atoms. The van der Waals surface area contributed by atoms with E-state index in [1.54, 1.807) is 6.07 Å². The Morgan fingerprint density at radius 3 is 2.84 bits per heavy atom. The number of hydrogen-bond donors (Lipinski definition) is 1. The molecule has 1 aromatic carbocycles. The number of carbonyl (C=O) groups is 1. The van der Waals surface area contributed by atoms with E-state index < -0.39 is 10.8 Å². The van der Waals surface area contributed by atoms with Crippen molar-refractivity contribution in [3.63, 3.8) is 0 Å². The van der Waals surface area contributed by atoms with Gasteiger partial charge in [-0.15, -0.1) is 11.3 Å². The Kier molecular flexibility index (Phi) is 5.40. The van der Waals surface area contributed by atoms with Crippen molar-refractivity contribution in [1.29, 1.82) is 0 Å². The Hall–Kier alpha value is -2.32. The number of piperidine rings is 1. The number of amides is 1. The number of aromatic nitrogens is 1. The van der Waals surface area contributed by atoms with Crippen molar-refractivity contribution in [2.45, 2.75) is 26.3 Å². The van der Waals surface area contributed by atoms with Crippen molar-refractivity contribution in [3.05, 3.63) is 51.0 Å². The van der Waals surface area contributed by atoms with Gasteiger partial charge in [-0.1, -0.05) is 19.1 Å². The molecule has 2 heterocycles. The normalized spacial score (nSPS) is 15.9. The summed E-state index contributed by atoms with van der Waals surface area (Å²) in [5, 5.41) is 16.1. The number of para-hydroxylation sites is 1. The molecule has 0 spiro atoms. The summed E-state index contributed by atoms with van der Waals surface area (Å²) >= 11 is 1.34. The molecule has 1 amide bonds. The van der Waals surface area contributed by atoms with E-state index in [-0.39, 0.29) is 11.3 Å². The summed E-state index contributed by atoms with van der Waals surface area (Å²) in [7, 11) is 0. The first-order valence-corrected chi connectivity index (χ1v) is 9.12. The summed E-state index contributed by atoms with van der Waals surface area (Å²) in [5.41, 5.74) is 0.742. The lowest BCUT2D eigenvalue weighted by Crippen LogP contribution is -2.32. The number of thiazole rings is 1. The molecule has 7 nitrogen and oxygen atoms in total. The lowest BCUT2D eigenvalue weighted by molar-refractivity contribution is -0.385. The van der Waals surface area contributed by atoms with E-state index in [0.717, 1.165) is 31.2 Å². The van der Waals surface area contributed by atoms with Gasteiger partial charge >= 0.3 is 0 Å². The zero-order valence-electron chi connectivity index (χ0n) is 14.0. The molecule has 3 rings (SSSR count). The summed E-state index contributed by atoms with van der Waals surface area (Å²) in [5.74, 6) is 0.267. The van der Waals surface area contributed by atoms with Gasteiger partial charge in [-0.3, -0.25) is 25.1 Å². The number of anilines is 1. The maximum absolute atomic E-state index is 12.3. The molecule has 1 N–H and O–H groups in total. The minimum atomic E-state index is -0.556. The van der Waals surface area contributed by atoms with Gasteiger partial charge in [0, 0.05) is 18.0 Å². The maximum Gasteiger partial charge on any atom is 0.282 e. The average Bonchev–Trinajstić information content (AvgIpc) is 3.03. The van der Waals surface area contributed by atoms with Crippen LogP contribution in [-0.2, 0) is 6.54 Å². The topological polar surface area (TPSA) is 88.4 Å². The second kappa shape index (κ2) is 7.71. The van der Waals surface area contributed by atoms with E-state index >= 15 is 0 Å². The molecule has 8 heteroatoms. The van der Waals surface area contributed by atoms with Crippen LogP contribution in [0.4, 0.5) is 10.8 Å². The smallest absolute Gasteiger partial charge is 0.282 e. The second-order valence-corrected chi connectivity index (χ2v) is 7.19. The number of hydrogen-bond acceptors (Lipinski definition) is 6. The molecular formula is C17H20N4O3S. The number of nitro benzene ring substituents is 1. The van der Waals surface area contributed by atoms with Crippen LogP contribution in [0.2, 0.25) is 0 Å². The van der Waals surface area contributed by atoms with Crippen molar-refractivity contribution < 1.29 is 9.72 Å². The molecular weight excluding hydrogens is 340 g/mol. The standard InChI is InChI=1S/C17H20N4O3S/c1-12-6-8-20(9-7-12)10-13-11-25-17(18-13)19-16(22)14-4-2-3-5-15(14)21(23)24/h2-5,11-12H,6-10H2,1H3,(H,18,19,22). The highest BCUT2D eigenvalue weighted by molar-refractivity contribution is 7.14. The quantitative estimate of drug-likeness (QED) is 0.651. The number of nitro groups is 1. The van der Waals surface area contributed by atoms with Crippen LogP contribution in [0.5, 0.6) is 0 Å². The van der Waals surface area contributed by atoms with Crippen molar-refractivity contribution in [3.8, 4) is 0 Å². The van der Waals surface area contributed by atoms with Gasteiger partial charge in [-0.2, -0.15) is 0 Å². The van der Waals surface area contributed by atoms with Crippen molar-refractivity contribution in [2.75, 3.05) is 18.4 Å². The van der Waals surface area contributed by atoms with E-state index in [4.69, 9.17) is 0 Å². The van der Waals surface area contributed by atoms with Crippen LogP contribution in [0.15, 0.2) is 29.6 Å². The molecule has 1 aliphatic rings. The van der Waals surface area contributed by atoms with E-state index in [1.165, 1.54) is 42.4 Å². The van der Waals surface area contributed by atoms with Gasteiger partial charge in [0.2, 0.25) is 0 Å². The molecule has 0 radical (unpaired) electrons. The van der Waals surface area contributed by atoms with E-state index in [2.05, 4.69) is 22.1 Å². The third kappa shape index (κ3) is 4.40. The fourth-order valence-corrected chi connectivity index (χ4v) is 3.57. The first-order chi connectivity index (χ1) is 12.0. The minimum absolute atomic E-state index is 0.0364. The van der Waals surface area contributed by atoms with Crippen LogP contribution in [0, 0.1) is 16.0 Å². The average molecular weight is 360 g/mol. The minimum Gasteiger partial charge on any atom is -0.298 e. The van der Waals surface area contributed by atoms with E-state index in [0.29, 0.717) is 5.13 Å². The Morgan fingerprint density at radius 2 is 2.12 bits per heavy atom. The highest BCUT2D eigenvalue weighted by Crippen LogP contribution is 2.23. The monoisotopic (exact) mass is 360 g/mol. The first kappa shape index (κ1) is 17.5. The molecule has 1 aliphatic heterocycles. The van der Waals surface area contributed by atoms with Gasteiger partial charge in [0.1, 0.15) is 5.56 Å². The van der Waals surface area contributed by atoms with Gasteiger partial charge in [0.25, 0.3) is 11.6 Å². The third-order valence-electron chi connectivity index (χ3n) is 4.38. The fraction of sp³-hybridized carbons (Fsp3) is 0.412. The Labute approximate surface area is 149 Å². The van der Waals surface area contributed by atoms with E-state index in [9.17, 15) is 14.9 Å². The lowest BCUT2D eigenvalue weighted by atomic mass is 9.99. The van der Waals surface area contributed by atoms with Crippen LogP contribution >= 0.6 is 11.3 Å². The lowest BCUT2D eigenvalue weighted by Gasteiger charge is -2.29. The number of benzene rings is 1. The summed E-state index contributed by atoms with van der Waals surface area (Å²) in [6.45, 7) is 5.17. The highest BCUT2D eigenvalue weighted by atomic mass is 32.1. The molecule has 1 saturated heterocycles. The summed E-state index contributed by atoms with van der Waals surface area (Å²) in [4.78, 5) is 29.6. The Balaban J connectivity index is 1.63. The Morgan fingerprint density at radius 1 is 1.40 bits per heavy atom. The molecule has 1 aromatic heterocycles. The zero-order chi connectivity index (χ0) is 17.8. The number of nitrogens with zero attached hydrogens (tertiary/aromatic N) is 3. The van der Waals surface area contributed by atoms with Crippen molar-refractivity contribution in [1.82, 2.24) is 9.88 Å². The van der Waals surface area contributed by atoms with Gasteiger partial charge in [0.05, 0.1) is 10.6 Å². The molecule has 132 valence electrons. The molecule has 25 heavy (non-hydrogen) atoms. The second-order valence-electron chi connectivity index (χ2n) is 6.33. The first-order valence-electron chi connectivity index (χ1n) is 8.24. The molecule has 0 atom stereocenters. The predicted octanol–water partition coefficient (Wildman–Crippen LogP) is 3.54. The largest absolute Gasteiger partial charge is 0.298 e. The van der Waals surface area contributed by atoms with Gasteiger partial charge < -0.3 is 0 Å². The van der Waals surface area contributed by atoms with Crippen LogP contribution < -0.4 is 5.32 Å². The van der Waals surface area contributed by atoms with E-state index in [1.807, 2.05) is 5.38 Å². The summed E-state index contributed by atoms with van der Waals surface area (Å²) in [6, 6.07) is 5.90. The van der Waals surface area contributed by atoms with Crippen molar-refractivity contribution >= 4 is 28.1 Å². The Bertz CT molecular complexity index is 769. The fourth-order valence-electron chi connectivity index (χ4n) is 2.88. The van der Waals surface area contributed by atoms with Gasteiger partial charge in [-0.05, 0) is 37.9 Å². The van der Waals surface area contributed by atoms with Crippen LogP contribution in [-0.4, -0.2) is 33.8 Å². The van der Waals surface area contributed by atoms with Crippen LogP contribution in [0.3, 0.4) is 0 Å². The summed E-state index contributed by atoms with van der Waals surface area (Å²) in [6.07, 6.45) is 2.40. The number of likely N-dealkylation sites (tertiary alicyclic amines) is 1. The summed E-state index contributed by atoms with van der Waals surface area (Å²) < 4.78 is 0.